The summed E-state index contributed by atoms with van der Waals surface area (Å²) in [6, 6.07) is 4.79. The summed E-state index contributed by atoms with van der Waals surface area (Å²) >= 11 is 5.83. The van der Waals surface area contributed by atoms with Gasteiger partial charge in [0.1, 0.15) is 5.15 Å². The van der Waals surface area contributed by atoms with Gasteiger partial charge in [0.15, 0.2) is 0 Å². The number of carbonyl (C=O) groups excluding carboxylic acids is 1. The molecule has 2 rings (SSSR count). The van der Waals surface area contributed by atoms with Gasteiger partial charge in [-0.15, -0.1) is 0 Å². The van der Waals surface area contributed by atoms with E-state index in [0.29, 0.717) is 22.8 Å². The Balaban J connectivity index is 2.25. The number of nitrogens with one attached hydrogen (secondary N) is 1. The van der Waals surface area contributed by atoms with Crippen LogP contribution in [0.3, 0.4) is 0 Å². The molecule has 0 fully saturated rings. The zero-order valence-electron chi connectivity index (χ0n) is 11.3. The highest BCUT2D eigenvalue weighted by atomic mass is 35.5. The van der Waals surface area contributed by atoms with E-state index in [2.05, 4.69) is 20.3 Å². The fourth-order valence-corrected chi connectivity index (χ4v) is 1.88. The van der Waals surface area contributed by atoms with Crippen LogP contribution < -0.4 is 10.1 Å². The molecule has 0 aromatic carbocycles. The molecule has 1 amide bonds. The minimum atomic E-state index is -0.356. The van der Waals surface area contributed by atoms with Crippen molar-refractivity contribution in [3.05, 3.63) is 40.3 Å². The van der Waals surface area contributed by atoms with E-state index in [9.17, 15) is 4.79 Å². The van der Waals surface area contributed by atoms with Gasteiger partial charge in [-0.1, -0.05) is 11.6 Å². The molecule has 0 aliphatic carbocycles. The third-order valence-corrected chi connectivity index (χ3v) is 2.64. The van der Waals surface area contributed by atoms with Crippen LogP contribution >= 0.6 is 11.6 Å². The van der Waals surface area contributed by atoms with E-state index in [4.69, 9.17) is 16.3 Å². The summed E-state index contributed by atoms with van der Waals surface area (Å²) < 4.78 is 5.03. The summed E-state index contributed by atoms with van der Waals surface area (Å²) in [5, 5.41) is 2.86. The van der Waals surface area contributed by atoms with Crippen molar-refractivity contribution in [1.82, 2.24) is 15.0 Å². The number of hydrogen-bond donors (Lipinski definition) is 1. The van der Waals surface area contributed by atoms with Crippen LogP contribution in [0.2, 0.25) is 5.15 Å². The molecule has 0 aliphatic rings. The van der Waals surface area contributed by atoms with Crippen molar-refractivity contribution < 1.29 is 9.53 Å². The monoisotopic (exact) mass is 292 g/mol. The van der Waals surface area contributed by atoms with Crippen molar-refractivity contribution >= 4 is 23.5 Å². The van der Waals surface area contributed by atoms with Crippen molar-refractivity contribution in [2.75, 3.05) is 12.4 Å². The summed E-state index contributed by atoms with van der Waals surface area (Å²) in [7, 11) is 1.50. The second kappa shape index (κ2) is 5.83. The Kier molecular flexibility index (Phi) is 4.14. The Morgan fingerprint density at radius 1 is 1.15 bits per heavy atom. The number of nitrogens with zero attached hydrogens (tertiary/aromatic N) is 3. The lowest BCUT2D eigenvalue weighted by molar-refractivity contribution is 0.102. The number of ether oxygens (including phenoxy) is 1. The molecule has 0 unspecified atom stereocenters. The summed E-state index contributed by atoms with van der Waals surface area (Å²) in [6.45, 7) is 3.54. The topological polar surface area (TPSA) is 77.0 Å². The maximum atomic E-state index is 12.1. The van der Waals surface area contributed by atoms with Crippen molar-refractivity contribution in [3.63, 3.8) is 0 Å². The summed E-state index contributed by atoms with van der Waals surface area (Å²) in [4.78, 5) is 24.3. The van der Waals surface area contributed by atoms with Crippen LogP contribution in [0, 0.1) is 13.8 Å². The number of aryl methyl sites for hydroxylation is 2. The largest absolute Gasteiger partial charge is 0.481 e. The standard InChI is InChI=1S/C13H13ClN4O2/c1-7-4-9(6-10(14)15-7)12(19)18-13-16-8(2)5-11(17-13)20-3/h4-6H,1-3H3,(H,16,17,18,19). The number of rotatable bonds is 3. The third-order valence-electron chi connectivity index (χ3n) is 2.45. The quantitative estimate of drug-likeness (QED) is 0.879. The normalized spacial score (nSPS) is 10.2. The molecule has 0 spiro atoms. The minimum Gasteiger partial charge on any atom is -0.481 e. The van der Waals surface area contributed by atoms with E-state index in [0.717, 1.165) is 0 Å². The van der Waals surface area contributed by atoms with Gasteiger partial charge in [-0.2, -0.15) is 4.98 Å². The summed E-state index contributed by atoms with van der Waals surface area (Å²) in [6.07, 6.45) is 0. The molecule has 6 nitrogen and oxygen atoms in total. The Morgan fingerprint density at radius 3 is 2.50 bits per heavy atom. The van der Waals surface area contributed by atoms with Crippen molar-refractivity contribution in [2.45, 2.75) is 13.8 Å². The van der Waals surface area contributed by atoms with Crippen LogP contribution in [-0.2, 0) is 0 Å². The lowest BCUT2D eigenvalue weighted by atomic mass is 10.2. The van der Waals surface area contributed by atoms with E-state index in [1.54, 1.807) is 26.0 Å². The first-order valence-electron chi connectivity index (χ1n) is 5.83. The van der Waals surface area contributed by atoms with E-state index >= 15 is 0 Å². The zero-order chi connectivity index (χ0) is 14.7. The molecule has 7 heteroatoms. The first-order valence-corrected chi connectivity index (χ1v) is 6.21. The SMILES string of the molecule is COc1cc(C)nc(NC(=O)c2cc(C)nc(Cl)c2)n1. The van der Waals surface area contributed by atoms with Gasteiger partial charge >= 0.3 is 0 Å². The van der Waals surface area contributed by atoms with E-state index in [-0.39, 0.29) is 17.0 Å². The number of pyridine rings is 1. The Bertz CT molecular complexity index is 641. The molecular formula is C13H13ClN4O2. The van der Waals surface area contributed by atoms with E-state index < -0.39 is 0 Å². The summed E-state index contributed by atoms with van der Waals surface area (Å²) in [5.74, 6) is 0.208. The van der Waals surface area contributed by atoms with Gasteiger partial charge in [-0.3, -0.25) is 10.1 Å². The maximum absolute atomic E-state index is 12.1. The van der Waals surface area contributed by atoms with Crippen LogP contribution in [-0.4, -0.2) is 28.0 Å². The van der Waals surface area contributed by atoms with Crippen molar-refractivity contribution in [1.29, 1.82) is 0 Å². The zero-order valence-corrected chi connectivity index (χ0v) is 12.0. The molecule has 2 aromatic heterocycles. The van der Waals surface area contributed by atoms with Crippen LogP contribution in [0.15, 0.2) is 18.2 Å². The van der Waals surface area contributed by atoms with E-state index in [1.165, 1.54) is 13.2 Å². The first-order chi connectivity index (χ1) is 9.47. The smallest absolute Gasteiger partial charge is 0.258 e. The molecule has 0 aliphatic heterocycles. The van der Waals surface area contributed by atoms with Gasteiger partial charge in [-0.25, -0.2) is 9.97 Å². The molecule has 0 saturated carbocycles. The molecule has 1 N–H and O–H groups in total. The first kappa shape index (κ1) is 14.2. The fraction of sp³-hybridized carbons (Fsp3) is 0.231. The number of aromatic nitrogens is 3. The average molecular weight is 293 g/mol. The second-order valence-corrected chi connectivity index (χ2v) is 4.54. The number of anilines is 1. The molecule has 0 bridgehead atoms. The number of amides is 1. The number of hydrogen-bond acceptors (Lipinski definition) is 5. The lowest BCUT2D eigenvalue weighted by Gasteiger charge is -2.07. The molecule has 0 atom stereocenters. The van der Waals surface area contributed by atoms with Gasteiger partial charge in [0, 0.05) is 23.0 Å². The Morgan fingerprint density at radius 2 is 1.85 bits per heavy atom. The molecule has 0 saturated heterocycles. The minimum absolute atomic E-state index is 0.178. The van der Waals surface area contributed by atoms with Gasteiger partial charge in [0.05, 0.1) is 7.11 Å². The average Bonchev–Trinajstić information content (AvgIpc) is 2.36. The lowest BCUT2D eigenvalue weighted by Crippen LogP contribution is -2.15. The van der Waals surface area contributed by atoms with Crippen LogP contribution in [0.4, 0.5) is 5.95 Å². The van der Waals surface area contributed by atoms with Gasteiger partial charge in [-0.05, 0) is 26.0 Å². The Labute approximate surface area is 121 Å². The third kappa shape index (κ3) is 3.42. The van der Waals surface area contributed by atoms with Crippen molar-refractivity contribution in [3.8, 4) is 5.88 Å². The fourth-order valence-electron chi connectivity index (χ4n) is 1.63. The van der Waals surface area contributed by atoms with Crippen LogP contribution in [0.5, 0.6) is 5.88 Å². The number of methoxy groups -OCH3 is 1. The number of halogens is 1. The molecule has 0 radical (unpaired) electrons. The van der Waals surface area contributed by atoms with Gasteiger partial charge in [0.25, 0.3) is 5.91 Å². The maximum Gasteiger partial charge on any atom is 0.258 e. The molecule has 2 heterocycles. The number of carbonyl (C=O) groups is 1. The summed E-state index contributed by atoms with van der Waals surface area (Å²) in [5.41, 5.74) is 1.74. The molecule has 2 aromatic rings. The molecule has 20 heavy (non-hydrogen) atoms. The molecular weight excluding hydrogens is 280 g/mol. The Hall–Kier alpha value is -2.21. The highest BCUT2D eigenvalue weighted by Crippen LogP contribution is 2.14. The highest BCUT2D eigenvalue weighted by molar-refractivity contribution is 6.29. The predicted molar refractivity (Wildman–Crippen MR) is 75.3 cm³/mol. The van der Waals surface area contributed by atoms with Crippen LogP contribution in [0.1, 0.15) is 21.7 Å². The molecule has 104 valence electrons. The highest BCUT2D eigenvalue weighted by Gasteiger charge is 2.11. The predicted octanol–water partition coefficient (Wildman–Crippen LogP) is 2.40. The van der Waals surface area contributed by atoms with Crippen molar-refractivity contribution in [2.24, 2.45) is 0 Å². The van der Waals surface area contributed by atoms with Gasteiger partial charge < -0.3 is 4.74 Å². The second-order valence-electron chi connectivity index (χ2n) is 4.15. The van der Waals surface area contributed by atoms with E-state index in [1.807, 2.05) is 0 Å². The van der Waals surface area contributed by atoms with Crippen LogP contribution in [0.25, 0.3) is 0 Å². The van der Waals surface area contributed by atoms with Gasteiger partial charge in [0.2, 0.25) is 11.8 Å².